The minimum Gasteiger partial charge on any atom is -0.480 e. The molecule has 0 saturated heterocycles. The first kappa shape index (κ1) is 17.0. The van der Waals surface area contributed by atoms with Gasteiger partial charge in [-0.3, -0.25) is 4.79 Å². The van der Waals surface area contributed by atoms with Crippen molar-refractivity contribution >= 4 is 21.7 Å². The van der Waals surface area contributed by atoms with Gasteiger partial charge in [0.1, 0.15) is 27.5 Å². The van der Waals surface area contributed by atoms with Crippen molar-refractivity contribution < 1.29 is 31.9 Å². The predicted molar refractivity (Wildman–Crippen MR) is 69.6 cm³/mol. The van der Waals surface area contributed by atoms with Crippen molar-refractivity contribution in [3.63, 3.8) is 0 Å². The Balaban J connectivity index is 2.86. The SMILES string of the molecule is CS(=O)(=O)CCC(NC(=O)c1cc(F)ccc1F)C(=O)O. The van der Waals surface area contributed by atoms with Crippen LogP contribution in [-0.4, -0.2) is 43.5 Å². The van der Waals surface area contributed by atoms with E-state index in [-0.39, 0.29) is 6.42 Å². The summed E-state index contributed by atoms with van der Waals surface area (Å²) in [5.41, 5.74) is -0.652. The minimum atomic E-state index is -3.42. The molecule has 1 unspecified atom stereocenters. The molecule has 0 aliphatic heterocycles. The van der Waals surface area contributed by atoms with E-state index in [1.54, 1.807) is 0 Å². The first-order chi connectivity index (χ1) is 9.60. The van der Waals surface area contributed by atoms with Crippen LogP contribution in [0.25, 0.3) is 0 Å². The average Bonchev–Trinajstić information content (AvgIpc) is 2.35. The van der Waals surface area contributed by atoms with Crippen LogP contribution in [0.2, 0.25) is 0 Å². The number of carboxylic acid groups (broad SMARTS) is 1. The molecule has 0 saturated carbocycles. The number of hydrogen-bond donors (Lipinski definition) is 2. The Morgan fingerprint density at radius 3 is 2.48 bits per heavy atom. The average molecular weight is 321 g/mol. The van der Waals surface area contributed by atoms with Crippen LogP contribution in [-0.2, 0) is 14.6 Å². The quantitative estimate of drug-likeness (QED) is 0.798. The number of amides is 1. The summed E-state index contributed by atoms with van der Waals surface area (Å²) in [5.74, 6) is -4.93. The number of benzene rings is 1. The molecule has 6 nitrogen and oxygen atoms in total. The van der Waals surface area contributed by atoms with Crippen LogP contribution in [0.5, 0.6) is 0 Å². The van der Waals surface area contributed by atoms with Crippen molar-refractivity contribution in [1.29, 1.82) is 0 Å². The molecule has 1 aromatic rings. The fraction of sp³-hybridized carbons (Fsp3) is 0.333. The molecule has 21 heavy (non-hydrogen) atoms. The maximum absolute atomic E-state index is 13.4. The molecule has 1 rings (SSSR count). The lowest BCUT2D eigenvalue weighted by Gasteiger charge is -2.14. The second kappa shape index (κ2) is 6.61. The standard InChI is InChI=1S/C12H13F2NO5S/c1-21(19,20)5-4-10(12(17)18)15-11(16)8-6-7(13)2-3-9(8)14/h2-3,6,10H,4-5H2,1H3,(H,15,16)(H,17,18). The lowest BCUT2D eigenvalue weighted by Crippen LogP contribution is -2.42. The van der Waals surface area contributed by atoms with Gasteiger partial charge in [-0.25, -0.2) is 22.0 Å². The summed E-state index contributed by atoms with van der Waals surface area (Å²) in [6.07, 6.45) is 0.539. The van der Waals surface area contributed by atoms with Gasteiger partial charge in [0.2, 0.25) is 0 Å². The topological polar surface area (TPSA) is 101 Å². The van der Waals surface area contributed by atoms with Gasteiger partial charge in [-0.15, -0.1) is 0 Å². The smallest absolute Gasteiger partial charge is 0.326 e. The zero-order valence-corrected chi connectivity index (χ0v) is 11.8. The van der Waals surface area contributed by atoms with E-state index >= 15 is 0 Å². The molecule has 0 aromatic heterocycles. The van der Waals surface area contributed by atoms with Gasteiger partial charge in [0.25, 0.3) is 5.91 Å². The van der Waals surface area contributed by atoms with Crippen molar-refractivity contribution in [1.82, 2.24) is 5.32 Å². The number of carbonyl (C=O) groups excluding carboxylic acids is 1. The Kier molecular flexibility index (Phi) is 5.36. The molecule has 0 spiro atoms. The number of carboxylic acids is 1. The van der Waals surface area contributed by atoms with Gasteiger partial charge in [-0.2, -0.15) is 0 Å². The zero-order valence-electron chi connectivity index (χ0n) is 11.0. The van der Waals surface area contributed by atoms with E-state index in [0.29, 0.717) is 6.07 Å². The number of carbonyl (C=O) groups is 2. The van der Waals surface area contributed by atoms with Gasteiger partial charge in [-0.1, -0.05) is 0 Å². The maximum atomic E-state index is 13.4. The number of halogens is 2. The Bertz CT molecular complexity index is 660. The molecule has 1 aromatic carbocycles. The van der Waals surface area contributed by atoms with Crippen molar-refractivity contribution in [2.24, 2.45) is 0 Å². The van der Waals surface area contributed by atoms with Crippen LogP contribution in [0, 0.1) is 11.6 Å². The van der Waals surface area contributed by atoms with E-state index in [1.165, 1.54) is 0 Å². The Morgan fingerprint density at radius 1 is 1.33 bits per heavy atom. The molecule has 116 valence electrons. The highest BCUT2D eigenvalue weighted by atomic mass is 32.2. The van der Waals surface area contributed by atoms with Crippen molar-refractivity contribution in [3.8, 4) is 0 Å². The van der Waals surface area contributed by atoms with E-state index in [1.807, 2.05) is 5.32 Å². The van der Waals surface area contributed by atoms with E-state index in [0.717, 1.165) is 18.4 Å². The summed E-state index contributed by atoms with van der Waals surface area (Å²) in [5, 5.41) is 10.9. The first-order valence-electron chi connectivity index (χ1n) is 5.76. The summed E-state index contributed by atoms with van der Waals surface area (Å²) >= 11 is 0. The summed E-state index contributed by atoms with van der Waals surface area (Å²) in [6, 6.07) is 0.649. The van der Waals surface area contributed by atoms with Gasteiger partial charge >= 0.3 is 5.97 Å². The molecule has 0 aliphatic rings. The van der Waals surface area contributed by atoms with Crippen LogP contribution in [0.15, 0.2) is 18.2 Å². The fourth-order valence-corrected chi connectivity index (χ4v) is 2.16. The Labute approximate surface area is 119 Å². The molecule has 1 atom stereocenters. The lowest BCUT2D eigenvalue weighted by atomic mass is 10.1. The summed E-state index contributed by atoms with van der Waals surface area (Å²) in [4.78, 5) is 22.7. The summed E-state index contributed by atoms with van der Waals surface area (Å²) in [6.45, 7) is 0. The molecule has 0 fully saturated rings. The normalized spacial score (nSPS) is 12.7. The first-order valence-corrected chi connectivity index (χ1v) is 7.82. The maximum Gasteiger partial charge on any atom is 0.326 e. The highest BCUT2D eigenvalue weighted by Crippen LogP contribution is 2.10. The number of hydrogen-bond acceptors (Lipinski definition) is 4. The predicted octanol–water partition coefficient (Wildman–Crippen LogP) is 0.582. The molecule has 0 radical (unpaired) electrons. The molecular formula is C12H13F2NO5S. The molecule has 0 heterocycles. The van der Waals surface area contributed by atoms with E-state index < -0.39 is 50.7 Å². The second-order valence-electron chi connectivity index (χ2n) is 4.41. The summed E-state index contributed by atoms with van der Waals surface area (Å²) in [7, 11) is -3.42. The number of sulfone groups is 1. The third-order valence-corrected chi connectivity index (χ3v) is 3.53. The van der Waals surface area contributed by atoms with E-state index in [2.05, 4.69) is 0 Å². The lowest BCUT2D eigenvalue weighted by molar-refractivity contribution is -0.139. The van der Waals surface area contributed by atoms with E-state index in [9.17, 15) is 26.8 Å². The van der Waals surface area contributed by atoms with Crippen molar-refractivity contribution in [2.45, 2.75) is 12.5 Å². The highest BCUT2D eigenvalue weighted by Gasteiger charge is 2.23. The highest BCUT2D eigenvalue weighted by molar-refractivity contribution is 7.90. The molecule has 0 aliphatic carbocycles. The van der Waals surface area contributed by atoms with Gasteiger partial charge in [0.15, 0.2) is 0 Å². The van der Waals surface area contributed by atoms with Crippen molar-refractivity contribution in [2.75, 3.05) is 12.0 Å². The molecule has 2 N–H and O–H groups in total. The third-order valence-electron chi connectivity index (χ3n) is 2.55. The van der Waals surface area contributed by atoms with Gasteiger partial charge < -0.3 is 10.4 Å². The molecule has 0 bridgehead atoms. The van der Waals surface area contributed by atoms with Crippen LogP contribution in [0.4, 0.5) is 8.78 Å². The van der Waals surface area contributed by atoms with Crippen LogP contribution >= 0.6 is 0 Å². The third kappa shape index (κ3) is 5.46. The van der Waals surface area contributed by atoms with Gasteiger partial charge in [0, 0.05) is 6.26 Å². The second-order valence-corrected chi connectivity index (χ2v) is 6.67. The number of aliphatic carboxylic acids is 1. The van der Waals surface area contributed by atoms with Gasteiger partial charge in [-0.05, 0) is 24.6 Å². The molecular weight excluding hydrogens is 308 g/mol. The Morgan fingerprint density at radius 2 is 1.95 bits per heavy atom. The minimum absolute atomic E-state index is 0.378. The monoisotopic (exact) mass is 321 g/mol. The zero-order chi connectivity index (χ0) is 16.2. The molecule has 9 heteroatoms. The molecule has 1 amide bonds. The van der Waals surface area contributed by atoms with Crippen LogP contribution < -0.4 is 5.32 Å². The van der Waals surface area contributed by atoms with Crippen LogP contribution in [0.3, 0.4) is 0 Å². The van der Waals surface area contributed by atoms with E-state index in [4.69, 9.17) is 5.11 Å². The number of nitrogens with one attached hydrogen (secondary N) is 1. The largest absolute Gasteiger partial charge is 0.480 e. The summed E-state index contributed by atoms with van der Waals surface area (Å²) < 4.78 is 48.3. The Hall–Kier alpha value is -2.03. The van der Waals surface area contributed by atoms with Crippen LogP contribution in [0.1, 0.15) is 16.8 Å². The fourth-order valence-electron chi connectivity index (χ4n) is 1.50. The van der Waals surface area contributed by atoms with Gasteiger partial charge in [0.05, 0.1) is 11.3 Å². The number of rotatable bonds is 6. The van der Waals surface area contributed by atoms with Crippen molar-refractivity contribution in [3.05, 3.63) is 35.4 Å².